The summed E-state index contributed by atoms with van der Waals surface area (Å²) in [5.74, 6) is 0.376. The molecule has 0 fully saturated rings. The molecular weight excluding hydrogens is 443 g/mol. The first-order valence-electron chi connectivity index (χ1n) is 8.23. The monoisotopic (exact) mass is 466 g/mol. The Morgan fingerprint density at radius 1 is 1.04 bits per heavy atom. The van der Waals surface area contributed by atoms with Crippen molar-refractivity contribution in [1.29, 1.82) is 0 Å². The van der Waals surface area contributed by atoms with Crippen LogP contribution in [-0.4, -0.2) is 25.5 Å². The van der Waals surface area contributed by atoms with Crippen molar-refractivity contribution in [3.05, 3.63) is 52.1 Å². The molecule has 0 aliphatic heterocycles. The molecule has 2 amide bonds. The summed E-state index contributed by atoms with van der Waals surface area (Å²) in [7, 11) is 1.75. The smallest absolute Gasteiger partial charge is 0.262 e. The number of anilines is 2. The van der Waals surface area contributed by atoms with E-state index in [-0.39, 0.29) is 18.4 Å². The number of rotatable bonds is 5. The highest BCUT2D eigenvalue weighted by Gasteiger charge is 2.25. The third-order valence-corrected chi connectivity index (χ3v) is 4.39. The molecule has 138 valence electrons. The van der Waals surface area contributed by atoms with Crippen LogP contribution in [-0.2, 0) is 9.59 Å². The number of nitrogens with one attached hydrogen (secondary N) is 1. The normalized spacial score (nSPS) is 11.0. The van der Waals surface area contributed by atoms with Crippen LogP contribution in [0.15, 0.2) is 48.5 Å². The molecule has 0 unspecified atom stereocenters. The standard InChI is InChI=1S/C20H23IN2O3/c1-20(2,3)19(25)23(4)16-9-11-17(12-10-16)26-13-18(24)22-15-7-5-14(21)6-8-15/h5-12H,13H2,1-4H3,(H,22,24). The number of benzene rings is 2. The van der Waals surface area contributed by atoms with Crippen LogP contribution in [0.4, 0.5) is 11.4 Å². The summed E-state index contributed by atoms with van der Waals surface area (Å²) in [4.78, 5) is 25.9. The Morgan fingerprint density at radius 3 is 2.15 bits per heavy atom. The van der Waals surface area contributed by atoms with E-state index in [0.717, 1.165) is 14.9 Å². The predicted octanol–water partition coefficient (Wildman–Crippen LogP) is 4.32. The molecule has 0 saturated carbocycles. The topological polar surface area (TPSA) is 58.6 Å². The van der Waals surface area contributed by atoms with Crippen LogP contribution in [0.2, 0.25) is 0 Å². The average Bonchev–Trinajstić information content (AvgIpc) is 2.60. The third kappa shape index (κ3) is 5.72. The van der Waals surface area contributed by atoms with E-state index in [1.54, 1.807) is 36.2 Å². The zero-order valence-corrected chi connectivity index (χ0v) is 17.5. The molecule has 0 saturated heterocycles. The highest BCUT2D eigenvalue weighted by molar-refractivity contribution is 14.1. The number of hydrogen-bond acceptors (Lipinski definition) is 3. The maximum atomic E-state index is 12.3. The van der Waals surface area contributed by atoms with Crippen LogP contribution in [0.3, 0.4) is 0 Å². The highest BCUT2D eigenvalue weighted by atomic mass is 127. The molecule has 0 spiro atoms. The van der Waals surface area contributed by atoms with Crippen molar-refractivity contribution in [3.8, 4) is 5.75 Å². The van der Waals surface area contributed by atoms with Gasteiger partial charge in [-0.25, -0.2) is 0 Å². The molecule has 2 aromatic rings. The molecule has 6 heteroatoms. The summed E-state index contributed by atoms with van der Waals surface area (Å²) in [5.41, 5.74) is 1.06. The van der Waals surface area contributed by atoms with Crippen LogP contribution >= 0.6 is 22.6 Å². The van der Waals surface area contributed by atoms with Gasteiger partial charge in [-0.2, -0.15) is 0 Å². The van der Waals surface area contributed by atoms with E-state index >= 15 is 0 Å². The van der Waals surface area contributed by atoms with E-state index in [1.165, 1.54) is 0 Å². The summed E-state index contributed by atoms with van der Waals surface area (Å²) < 4.78 is 6.61. The summed E-state index contributed by atoms with van der Waals surface area (Å²) >= 11 is 2.21. The molecule has 2 aromatic carbocycles. The van der Waals surface area contributed by atoms with Gasteiger partial charge in [0.05, 0.1) is 0 Å². The molecule has 1 N–H and O–H groups in total. The van der Waals surface area contributed by atoms with Gasteiger partial charge in [0.1, 0.15) is 5.75 Å². The number of halogens is 1. The molecule has 0 atom stereocenters. The van der Waals surface area contributed by atoms with Crippen LogP contribution in [0.1, 0.15) is 20.8 Å². The van der Waals surface area contributed by atoms with Gasteiger partial charge in [-0.15, -0.1) is 0 Å². The number of nitrogens with zero attached hydrogens (tertiary/aromatic N) is 1. The van der Waals surface area contributed by atoms with Gasteiger partial charge in [0.2, 0.25) is 5.91 Å². The first kappa shape index (κ1) is 20.2. The minimum Gasteiger partial charge on any atom is -0.484 e. The lowest BCUT2D eigenvalue weighted by Crippen LogP contribution is -2.36. The van der Waals surface area contributed by atoms with Gasteiger partial charge in [0.25, 0.3) is 5.91 Å². The number of ether oxygens (including phenoxy) is 1. The quantitative estimate of drug-likeness (QED) is 0.668. The second kappa shape index (κ2) is 8.53. The van der Waals surface area contributed by atoms with E-state index < -0.39 is 5.41 Å². The molecule has 26 heavy (non-hydrogen) atoms. The minimum absolute atomic E-state index is 0.0306. The van der Waals surface area contributed by atoms with E-state index in [0.29, 0.717) is 5.75 Å². The average molecular weight is 466 g/mol. The molecule has 0 heterocycles. The molecule has 0 aromatic heterocycles. The Kier molecular flexibility index (Phi) is 6.63. The Hall–Kier alpha value is -2.09. The molecular formula is C20H23IN2O3. The fraction of sp³-hybridized carbons (Fsp3) is 0.300. The molecule has 2 rings (SSSR count). The van der Waals surface area contributed by atoms with Gasteiger partial charge >= 0.3 is 0 Å². The number of amides is 2. The maximum absolute atomic E-state index is 12.3. The van der Waals surface area contributed by atoms with Gasteiger partial charge in [-0.05, 0) is 71.1 Å². The Labute approximate surface area is 167 Å². The lowest BCUT2D eigenvalue weighted by molar-refractivity contribution is -0.125. The van der Waals surface area contributed by atoms with E-state index in [4.69, 9.17) is 4.74 Å². The van der Waals surface area contributed by atoms with Gasteiger partial charge < -0.3 is 15.0 Å². The van der Waals surface area contributed by atoms with Crippen molar-refractivity contribution in [1.82, 2.24) is 0 Å². The van der Waals surface area contributed by atoms with Crippen molar-refractivity contribution < 1.29 is 14.3 Å². The molecule has 5 nitrogen and oxygen atoms in total. The van der Waals surface area contributed by atoms with Crippen LogP contribution in [0.5, 0.6) is 5.75 Å². The second-order valence-electron chi connectivity index (χ2n) is 6.95. The Balaban J connectivity index is 1.89. The summed E-state index contributed by atoms with van der Waals surface area (Å²) in [5, 5.41) is 2.78. The van der Waals surface area contributed by atoms with Crippen molar-refractivity contribution in [2.45, 2.75) is 20.8 Å². The maximum Gasteiger partial charge on any atom is 0.262 e. The van der Waals surface area contributed by atoms with Gasteiger partial charge in [-0.1, -0.05) is 20.8 Å². The van der Waals surface area contributed by atoms with Crippen molar-refractivity contribution in [3.63, 3.8) is 0 Å². The first-order valence-corrected chi connectivity index (χ1v) is 9.31. The van der Waals surface area contributed by atoms with Gasteiger partial charge in [0.15, 0.2) is 6.61 Å². The summed E-state index contributed by atoms with van der Waals surface area (Å²) in [6.07, 6.45) is 0. The van der Waals surface area contributed by atoms with Gasteiger partial charge in [-0.3, -0.25) is 9.59 Å². The first-order chi connectivity index (χ1) is 12.2. The largest absolute Gasteiger partial charge is 0.484 e. The van der Waals surface area contributed by atoms with Crippen molar-refractivity contribution in [2.75, 3.05) is 23.9 Å². The molecule has 0 radical (unpaired) electrons. The van der Waals surface area contributed by atoms with Gasteiger partial charge in [0, 0.05) is 27.4 Å². The number of carbonyl (C=O) groups excluding carboxylic acids is 2. The minimum atomic E-state index is -0.447. The lowest BCUT2D eigenvalue weighted by Gasteiger charge is -2.26. The Bertz CT molecular complexity index is 765. The third-order valence-electron chi connectivity index (χ3n) is 3.67. The zero-order chi connectivity index (χ0) is 19.3. The van der Waals surface area contributed by atoms with E-state index in [1.807, 2.05) is 45.0 Å². The molecule has 0 aliphatic carbocycles. The van der Waals surface area contributed by atoms with Crippen LogP contribution < -0.4 is 15.0 Å². The Morgan fingerprint density at radius 2 is 1.62 bits per heavy atom. The van der Waals surface area contributed by atoms with Crippen LogP contribution in [0, 0.1) is 8.99 Å². The lowest BCUT2D eigenvalue weighted by atomic mass is 9.95. The number of hydrogen-bond donors (Lipinski definition) is 1. The second-order valence-corrected chi connectivity index (χ2v) is 8.20. The van der Waals surface area contributed by atoms with Crippen molar-refractivity contribution >= 4 is 45.8 Å². The molecule has 0 bridgehead atoms. The summed E-state index contributed by atoms with van der Waals surface area (Å²) in [6.45, 7) is 5.57. The molecule has 0 aliphatic rings. The SMILES string of the molecule is CN(C(=O)C(C)(C)C)c1ccc(OCC(=O)Nc2ccc(I)cc2)cc1. The fourth-order valence-corrected chi connectivity index (χ4v) is 2.63. The highest BCUT2D eigenvalue weighted by Crippen LogP contribution is 2.24. The van der Waals surface area contributed by atoms with E-state index in [9.17, 15) is 9.59 Å². The summed E-state index contributed by atoms with van der Waals surface area (Å²) in [6, 6.07) is 14.6. The van der Waals surface area contributed by atoms with Crippen molar-refractivity contribution in [2.24, 2.45) is 5.41 Å². The fourth-order valence-electron chi connectivity index (χ4n) is 2.27. The van der Waals surface area contributed by atoms with E-state index in [2.05, 4.69) is 27.9 Å². The van der Waals surface area contributed by atoms with Crippen LogP contribution in [0.25, 0.3) is 0 Å². The number of carbonyl (C=O) groups is 2. The zero-order valence-electron chi connectivity index (χ0n) is 15.4. The predicted molar refractivity (Wildman–Crippen MR) is 113 cm³/mol.